The Bertz CT molecular complexity index is 1260. The summed E-state index contributed by atoms with van der Waals surface area (Å²) in [5.74, 6) is 0.457. The molecule has 0 amide bonds. The first kappa shape index (κ1) is 19.2. The van der Waals surface area contributed by atoms with Gasteiger partial charge in [-0.15, -0.1) is 10.2 Å². The largest absolute Gasteiger partial charge is 0.497 e. The SMILES string of the molecule is CCOC(=O)c1ccn2c(=O)c(-c3nnn(Cc4ccc(OC)cc4)n3)cnc2c1. The average Bonchev–Trinajstić information content (AvgIpc) is 3.22. The number of aromatic nitrogens is 6. The lowest BCUT2D eigenvalue weighted by Crippen LogP contribution is -2.18. The molecule has 0 aliphatic heterocycles. The molecule has 0 radical (unpaired) electrons. The fraction of sp³-hybridized carbons (Fsp3) is 0.200. The second-order valence-electron chi connectivity index (χ2n) is 6.33. The summed E-state index contributed by atoms with van der Waals surface area (Å²) >= 11 is 0. The first-order valence-electron chi connectivity index (χ1n) is 9.18. The van der Waals surface area contributed by atoms with Gasteiger partial charge in [-0.2, -0.15) is 4.80 Å². The van der Waals surface area contributed by atoms with Crippen molar-refractivity contribution >= 4 is 11.6 Å². The lowest BCUT2D eigenvalue weighted by atomic mass is 10.2. The minimum absolute atomic E-state index is 0.171. The quantitative estimate of drug-likeness (QED) is 0.444. The zero-order chi connectivity index (χ0) is 21.1. The lowest BCUT2D eigenvalue weighted by molar-refractivity contribution is 0.0526. The molecule has 4 rings (SSSR count). The number of esters is 1. The van der Waals surface area contributed by atoms with Crippen LogP contribution in [-0.4, -0.2) is 49.3 Å². The third kappa shape index (κ3) is 3.75. The summed E-state index contributed by atoms with van der Waals surface area (Å²) in [6.07, 6.45) is 2.85. The van der Waals surface area contributed by atoms with Gasteiger partial charge in [0.15, 0.2) is 0 Å². The number of tetrazole rings is 1. The Morgan fingerprint density at radius 3 is 2.70 bits per heavy atom. The van der Waals surface area contributed by atoms with Gasteiger partial charge in [-0.25, -0.2) is 9.78 Å². The van der Waals surface area contributed by atoms with Crippen molar-refractivity contribution < 1.29 is 14.3 Å². The van der Waals surface area contributed by atoms with E-state index in [1.807, 2.05) is 24.3 Å². The number of methoxy groups -OCH3 is 1. The number of carbonyl (C=O) groups is 1. The number of fused-ring (bicyclic) bond motifs is 1. The fourth-order valence-corrected chi connectivity index (χ4v) is 2.88. The molecule has 0 saturated heterocycles. The maximum Gasteiger partial charge on any atom is 0.338 e. The standard InChI is InChI=1S/C20H18N6O4/c1-3-30-20(28)14-8-9-25-17(10-14)21-11-16(19(25)27)18-22-24-26(23-18)12-13-4-6-15(29-2)7-5-13/h4-11H,3,12H2,1-2H3. The number of hydrogen-bond donors (Lipinski definition) is 0. The Kier molecular flexibility index (Phi) is 5.21. The normalized spacial score (nSPS) is 10.9. The van der Waals surface area contributed by atoms with Crippen LogP contribution in [0.4, 0.5) is 0 Å². The predicted molar refractivity (Wildman–Crippen MR) is 106 cm³/mol. The molecule has 0 fully saturated rings. The zero-order valence-electron chi connectivity index (χ0n) is 16.3. The number of nitrogens with zero attached hydrogens (tertiary/aromatic N) is 6. The van der Waals surface area contributed by atoms with E-state index in [0.29, 0.717) is 17.8 Å². The van der Waals surface area contributed by atoms with Crippen LogP contribution in [0.15, 0.2) is 53.6 Å². The van der Waals surface area contributed by atoms with Crippen LogP contribution in [0.5, 0.6) is 5.75 Å². The molecule has 0 atom stereocenters. The van der Waals surface area contributed by atoms with E-state index in [9.17, 15) is 9.59 Å². The molecule has 0 aliphatic rings. The van der Waals surface area contributed by atoms with E-state index in [2.05, 4.69) is 20.4 Å². The highest BCUT2D eigenvalue weighted by molar-refractivity contribution is 5.90. The van der Waals surface area contributed by atoms with Crippen LogP contribution >= 0.6 is 0 Å². The maximum atomic E-state index is 12.8. The summed E-state index contributed by atoms with van der Waals surface area (Å²) < 4.78 is 11.4. The monoisotopic (exact) mass is 406 g/mol. The molecule has 0 bridgehead atoms. The molecular weight excluding hydrogens is 388 g/mol. The van der Waals surface area contributed by atoms with Gasteiger partial charge >= 0.3 is 5.97 Å². The minimum atomic E-state index is -0.471. The Morgan fingerprint density at radius 2 is 1.97 bits per heavy atom. The second-order valence-corrected chi connectivity index (χ2v) is 6.33. The van der Waals surface area contributed by atoms with Crippen LogP contribution in [0.3, 0.4) is 0 Å². The Hall–Kier alpha value is -4.08. The maximum absolute atomic E-state index is 12.8. The van der Waals surface area contributed by atoms with Crippen molar-refractivity contribution in [2.24, 2.45) is 0 Å². The lowest BCUT2D eigenvalue weighted by Gasteiger charge is -2.05. The van der Waals surface area contributed by atoms with E-state index in [1.54, 1.807) is 14.0 Å². The van der Waals surface area contributed by atoms with Crippen molar-refractivity contribution in [3.05, 3.63) is 70.3 Å². The van der Waals surface area contributed by atoms with Crippen LogP contribution in [0, 0.1) is 0 Å². The number of hydrogen-bond acceptors (Lipinski definition) is 8. The molecular formula is C20H18N6O4. The molecule has 0 N–H and O–H groups in total. The molecule has 0 spiro atoms. The summed E-state index contributed by atoms with van der Waals surface area (Å²) in [5, 5.41) is 12.3. The highest BCUT2D eigenvalue weighted by Gasteiger charge is 2.15. The molecule has 4 aromatic rings. The topological polar surface area (TPSA) is 114 Å². The van der Waals surface area contributed by atoms with E-state index >= 15 is 0 Å². The van der Waals surface area contributed by atoms with E-state index in [0.717, 1.165) is 11.3 Å². The first-order valence-corrected chi connectivity index (χ1v) is 9.18. The van der Waals surface area contributed by atoms with Crippen molar-refractivity contribution in [3.8, 4) is 17.1 Å². The van der Waals surface area contributed by atoms with Crippen LogP contribution in [0.2, 0.25) is 0 Å². The van der Waals surface area contributed by atoms with Gasteiger partial charge in [0.2, 0.25) is 5.82 Å². The smallest absolute Gasteiger partial charge is 0.338 e. The van der Waals surface area contributed by atoms with Gasteiger partial charge < -0.3 is 9.47 Å². The third-order valence-electron chi connectivity index (χ3n) is 4.40. The van der Waals surface area contributed by atoms with Crippen molar-refractivity contribution in [1.82, 2.24) is 29.6 Å². The van der Waals surface area contributed by atoms with Crippen LogP contribution in [-0.2, 0) is 11.3 Å². The predicted octanol–water partition coefficient (Wildman–Crippen LogP) is 1.58. The van der Waals surface area contributed by atoms with Gasteiger partial charge in [0.25, 0.3) is 5.56 Å². The molecule has 3 heterocycles. The molecule has 0 aliphatic carbocycles. The van der Waals surface area contributed by atoms with E-state index in [-0.39, 0.29) is 23.6 Å². The number of ether oxygens (including phenoxy) is 2. The molecule has 30 heavy (non-hydrogen) atoms. The zero-order valence-corrected chi connectivity index (χ0v) is 16.3. The van der Waals surface area contributed by atoms with Gasteiger partial charge in [0.1, 0.15) is 17.0 Å². The Balaban J connectivity index is 1.61. The highest BCUT2D eigenvalue weighted by Crippen LogP contribution is 2.13. The second kappa shape index (κ2) is 8.11. The fourth-order valence-electron chi connectivity index (χ4n) is 2.88. The summed E-state index contributed by atoms with van der Waals surface area (Å²) in [7, 11) is 1.61. The van der Waals surface area contributed by atoms with E-state index in [1.165, 1.54) is 33.7 Å². The van der Waals surface area contributed by atoms with E-state index in [4.69, 9.17) is 9.47 Å². The number of benzene rings is 1. The Labute approximate surface area is 170 Å². The average molecular weight is 406 g/mol. The molecule has 10 nitrogen and oxygen atoms in total. The summed E-state index contributed by atoms with van der Waals surface area (Å²) in [6, 6.07) is 10.5. The minimum Gasteiger partial charge on any atom is -0.497 e. The van der Waals surface area contributed by atoms with Crippen molar-refractivity contribution in [1.29, 1.82) is 0 Å². The van der Waals surface area contributed by atoms with Crippen molar-refractivity contribution in [2.75, 3.05) is 13.7 Å². The summed E-state index contributed by atoms with van der Waals surface area (Å²) in [5.41, 5.74) is 1.44. The van der Waals surface area contributed by atoms with E-state index < -0.39 is 5.97 Å². The molecule has 152 valence electrons. The molecule has 0 unspecified atom stereocenters. The molecule has 10 heteroatoms. The van der Waals surface area contributed by atoms with Gasteiger partial charge in [-0.1, -0.05) is 12.1 Å². The van der Waals surface area contributed by atoms with Crippen molar-refractivity contribution in [3.63, 3.8) is 0 Å². The van der Waals surface area contributed by atoms with Crippen molar-refractivity contribution in [2.45, 2.75) is 13.5 Å². The van der Waals surface area contributed by atoms with Gasteiger partial charge in [-0.05, 0) is 42.0 Å². The summed E-state index contributed by atoms with van der Waals surface area (Å²) in [6.45, 7) is 2.38. The van der Waals surface area contributed by atoms with Gasteiger partial charge in [-0.3, -0.25) is 9.20 Å². The summed E-state index contributed by atoms with van der Waals surface area (Å²) in [4.78, 5) is 30.4. The Morgan fingerprint density at radius 1 is 1.17 bits per heavy atom. The first-order chi connectivity index (χ1) is 14.6. The van der Waals surface area contributed by atoms with Crippen LogP contribution in [0.1, 0.15) is 22.8 Å². The highest BCUT2D eigenvalue weighted by atomic mass is 16.5. The van der Waals surface area contributed by atoms with Crippen LogP contribution in [0.25, 0.3) is 17.0 Å². The number of rotatable bonds is 6. The van der Waals surface area contributed by atoms with Gasteiger partial charge in [0.05, 0.1) is 25.8 Å². The number of carbonyl (C=O) groups excluding carboxylic acids is 1. The van der Waals surface area contributed by atoms with Crippen LogP contribution < -0.4 is 10.3 Å². The molecule has 0 saturated carbocycles. The third-order valence-corrected chi connectivity index (χ3v) is 4.40. The molecule has 1 aromatic carbocycles. The number of pyridine rings is 1. The molecule has 3 aromatic heterocycles. The van der Waals surface area contributed by atoms with Gasteiger partial charge in [0, 0.05) is 12.4 Å².